The van der Waals surface area contributed by atoms with Crippen LogP contribution in [0, 0.1) is 0 Å². The molecule has 0 bridgehead atoms. The molecule has 4 rings (SSSR count). The van der Waals surface area contributed by atoms with E-state index in [-0.39, 0.29) is 6.54 Å². The molecule has 0 atom stereocenters. The first-order valence-corrected chi connectivity index (χ1v) is 12.6. The molecule has 2 heterocycles. The number of benzene rings is 2. The van der Waals surface area contributed by atoms with Crippen LogP contribution in [0.25, 0.3) is 0 Å². The topological polar surface area (TPSA) is 109 Å². The lowest BCUT2D eigenvalue weighted by atomic mass is 10.1. The third kappa shape index (κ3) is 6.79. The van der Waals surface area contributed by atoms with Crippen LogP contribution in [0.1, 0.15) is 30.4 Å². The Kier molecular flexibility index (Phi) is 7.23. The van der Waals surface area contributed by atoms with Crippen molar-refractivity contribution < 1.29 is 13.2 Å². The van der Waals surface area contributed by atoms with Gasteiger partial charge >= 0.3 is 0 Å². The summed E-state index contributed by atoms with van der Waals surface area (Å²) in [7, 11) is -3.80. The predicted molar refractivity (Wildman–Crippen MR) is 127 cm³/mol. The number of sulfonamides is 1. The molecular weight excluding hydrogens is 440 g/mol. The van der Waals surface area contributed by atoms with Crippen LogP contribution >= 0.6 is 0 Å². The second-order valence-corrected chi connectivity index (χ2v) is 9.86. The fourth-order valence-corrected chi connectivity index (χ4v) is 4.81. The Morgan fingerprint density at radius 3 is 2.30 bits per heavy atom. The molecule has 2 N–H and O–H groups in total. The Labute approximate surface area is 193 Å². The minimum absolute atomic E-state index is 0.252. The normalized spacial score (nSPS) is 14.1. The third-order valence-electron chi connectivity index (χ3n) is 5.51. The fraction of sp³-hybridized carbons (Fsp3) is 0.348. The lowest BCUT2D eigenvalue weighted by Crippen LogP contribution is -2.32. The molecule has 2 aromatic carbocycles. The Morgan fingerprint density at radius 2 is 1.64 bits per heavy atom. The maximum atomic E-state index is 12.4. The van der Waals surface area contributed by atoms with Gasteiger partial charge in [-0.1, -0.05) is 24.3 Å². The molecule has 0 aliphatic carbocycles. The van der Waals surface area contributed by atoms with Crippen molar-refractivity contribution in [2.75, 3.05) is 28.5 Å². The van der Waals surface area contributed by atoms with Gasteiger partial charge in [0.25, 0.3) is 0 Å². The van der Waals surface area contributed by atoms with Gasteiger partial charge in [-0.25, -0.2) is 18.1 Å². The molecule has 33 heavy (non-hydrogen) atoms. The van der Waals surface area contributed by atoms with E-state index >= 15 is 0 Å². The Hall–Kier alpha value is -3.40. The van der Waals surface area contributed by atoms with Gasteiger partial charge in [-0.2, -0.15) is 5.10 Å². The van der Waals surface area contributed by atoms with E-state index in [1.165, 1.54) is 25.6 Å². The van der Waals surface area contributed by atoms with Gasteiger partial charge in [-0.3, -0.25) is 9.52 Å². The van der Waals surface area contributed by atoms with Crippen molar-refractivity contribution in [2.24, 2.45) is 0 Å². The van der Waals surface area contributed by atoms with Crippen LogP contribution in [-0.2, 0) is 27.9 Å². The van der Waals surface area contributed by atoms with Gasteiger partial charge in [-0.05, 0) is 54.7 Å². The van der Waals surface area contributed by atoms with Gasteiger partial charge in [-0.15, -0.1) is 0 Å². The van der Waals surface area contributed by atoms with Gasteiger partial charge < -0.3 is 10.2 Å². The summed E-state index contributed by atoms with van der Waals surface area (Å²) in [4.78, 5) is 18.4. The van der Waals surface area contributed by atoms with E-state index < -0.39 is 21.7 Å². The molecule has 0 radical (unpaired) electrons. The number of nitrogens with one attached hydrogen (secondary N) is 2. The van der Waals surface area contributed by atoms with E-state index in [9.17, 15) is 13.2 Å². The minimum atomic E-state index is -3.80. The number of hydrogen-bond acceptors (Lipinski definition) is 6. The highest BCUT2D eigenvalue weighted by Crippen LogP contribution is 2.22. The number of rotatable bonds is 9. The molecular formula is C23H28N6O3S. The van der Waals surface area contributed by atoms with Gasteiger partial charge in [0, 0.05) is 31.0 Å². The number of nitrogens with zero attached hydrogens (tertiary/aromatic N) is 4. The van der Waals surface area contributed by atoms with Crippen molar-refractivity contribution in [3.63, 3.8) is 0 Å². The van der Waals surface area contributed by atoms with Crippen molar-refractivity contribution in [1.82, 2.24) is 20.1 Å². The third-order valence-corrected chi connectivity index (χ3v) is 6.70. The van der Waals surface area contributed by atoms with Crippen LogP contribution in [0.4, 0.5) is 11.4 Å². The Balaban J connectivity index is 1.24. The average Bonchev–Trinajstić information content (AvgIpc) is 3.32. The van der Waals surface area contributed by atoms with Crippen LogP contribution < -0.4 is 14.9 Å². The van der Waals surface area contributed by atoms with Crippen LogP contribution in [0.2, 0.25) is 0 Å². The van der Waals surface area contributed by atoms with Gasteiger partial charge in [0.05, 0.1) is 6.54 Å². The zero-order valence-corrected chi connectivity index (χ0v) is 19.2. The van der Waals surface area contributed by atoms with Gasteiger partial charge in [0.2, 0.25) is 15.9 Å². The summed E-state index contributed by atoms with van der Waals surface area (Å²) in [5.41, 5.74) is 3.47. The second-order valence-electron chi connectivity index (χ2n) is 8.14. The molecule has 10 heteroatoms. The van der Waals surface area contributed by atoms with E-state index in [2.05, 4.69) is 25.0 Å². The molecule has 1 amide bonds. The highest BCUT2D eigenvalue weighted by atomic mass is 32.2. The minimum Gasteiger partial charge on any atom is -0.372 e. The maximum absolute atomic E-state index is 12.4. The van der Waals surface area contributed by atoms with E-state index in [0.717, 1.165) is 29.9 Å². The fourth-order valence-electron chi connectivity index (χ4n) is 3.80. The standard InChI is InChI=1S/C23H28N6O3S/c30-23(25-14-19-4-6-20(7-5-19)15-29-18-24-17-26-29)16-33(31,32)27-21-8-10-22(11-9-21)28-12-2-1-3-13-28/h4-11,17-18,27H,1-3,12-16H2,(H,25,30). The molecule has 1 aliphatic heterocycles. The molecule has 1 aliphatic rings. The van der Waals surface area contributed by atoms with Crippen molar-refractivity contribution >= 4 is 27.3 Å². The largest absolute Gasteiger partial charge is 0.372 e. The number of hydrogen-bond donors (Lipinski definition) is 2. The predicted octanol–water partition coefficient (Wildman–Crippen LogP) is 2.37. The number of anilines is 2. The summed E-state index contributed by atoms with van der Waals surface area (Å²) >= 11 is 0. The first-order valence-electron chi connectivity index (χ1n) is 11.0. The first-order chi connectivity index (χ1) is 16.0. The molecule has 1 saturated heterocycles. The molecule has 0 saturated carbocycles. The van der Waals surface area contributed by atoms with Gasteiger partial charge in [0.15, 0.2) is 0 Å². The molecule has 0 spiro atoms. The highest BCUT2D eigenvalue weighted by Gasteiger charge is 2.17. The van der Waals surface area contributed by atoms with Crippen LogP contribution in [0.15, 0.2) is 61.2 Å². The number of carbonyl (C=O) groups excluding carboxylic acids is 1. The molecule has 174 valence electrons. The first kappa shape index (κ1) is 22.8. The second kappa shape index (κ2) is 10.5. The molecule has 1 fully saturated rings. The summed E-state index contributed by atoms with van der Waals surface area (Å²) in [5, 5.41) is 6.73. The smallest absolute Gasteiger partial charge is 0.241 e. The number of carbonyl (C=O) groups is 1. The summed E-state index contributed by atoms with van der Waals surface area (Å²) in [6.07, 6.45) is 6.74. The zero-order chi connectivity index (χ0) is 23.1. The van der Waals surface area contributed by atoms with E-state index in [1.807, 2.05) is 36.4 Å². The highest BCUT2D eigenvalue weighted by molar-refractivity contribution is 7.93. The number of aromatic nitrogens is 3. The molecule has 3 aromatic rings. The molecule has 1 aromatic heterocycles. The van der Waals surface area contributed by atoms with Gasteiger partial charge in [0.1, 0.15) is 18.4 Å². The molecule has 0 unspecified atom stereocenters. The van der Waals surface area contributed by atoms with Crippen LogP contribution in [0.5, 0.6) is 0 Å². The summed E-state index contributed by atoms with van der Waals surface area (Å²) in [6.45, 7) is 2.91. The monoisotopic (exact) mass is 468 g/mol. The molecule has 9 nitrogen and oxygen atoms in total. The number of amides is 1. The maximum Gasteiger partial charge on any atom is 0.241 e. The van der Waals surface area contributed by atoms with E-state index in [0.29, 0.717) is 12.2 Å². The Bertz CT molecular complexity index is 1140. The Morgan fingerprint density at radius 1 is 0.939 bits per heavy atom. The summed E-state index contributed by atoms with van der Waals surface area (Å²) < 4.78 is 29.0. The van der Waals surface area contributed by atoms with Crippen molar-refractivity contribution in [1.29, 1.82) is 0 Å². The average molecular weight is 469 g/mol. The zero-order valence-electron chi connectivity index (χ0n) is 18.4. The van der Waals surface area contributed by atoms with E-state index in [4.69, 9.17) is 0 Å². The summed E-state index contributed by atoms with van der Waals surface area (Å²) in [6, 6.07) is 15.0. The lowest BCUT2D eigenvalue weighted by molar-refractivity contribution is -0.118. The van der Waals surface area contributed by atoms with Crippen LogP contribution in [-0.4, -0.2) is 47.9 Å². The van der Waals surface area contributed by atoms with Crippen molar-refractivity contribution in [2.45, 2.75) is 32.4 Å². The van der Waals surface area contributed by atoms with Crippen molar-refractivity contribution in [3.05, 3.63) is 72.3 Å². The summed E-state index contributed by atoms with van der Waals surface area (Å²) in [5.74, 6) is -1.19. The quantitative estimate of drug-likeness (QED) is 0.499. The van der Waals surface area contributed by atoms with E-state index in [1.54, 1.807) is 23.1 Å². The van der Waals surface area contributed by atoms with Crippen molar-refractivity contribution in [3.8, 4) is 0 Å². The lowest BCUT2D eigenvalue weighted by Gasteiger charge is -2.28. The SMILES string of the molecule is O=C(CS(=O)(=O)Nc1ccc(N2CCCCC2)cc1)NCc1ccc(Cn2cncn2)cc1. The number of piperidine rings is 1. The van der Waals surface area contributed by atoms with Crippen LogP contribution in [0.3, 0.4) is 0 Å².